The molecule has 1 aliphatic rings. The molecule has 0 amide bonds. The van der Waals surface area contributed by atoms with Gasteiger partial charge in [0, 0.05) is 47.1 Å². The Labute approximate surface area is 282 Å². The van der Waals surface area contributed by atoms with Crippen molar-refractivity contribution in [3.8, 4) is 0 Å². The van der Waals surface area contributed by atoms with E-state index in [1.807, 2.05) is 30.5 Å². The molecule has 0 fully saturated rings. The van der Waals surface area contributed by atoms with Crippen LogP contribution in [0, 0.1) is 5.41 Å². The number of nitrogens with one attached hydrogen (secondary N) is 1. The molecular formula is C42H66N2O2. The number of aromatic nitrogens is 2. The van der Waals surface area contributed by atoms with Crippen LogP contribution in [0.4, 0.5) is 0 Å². The molecule has 0 radical (unpaired) electrons. The maximum atomic E-state index is 5.20. The minimum Gasteiger partial charge on any atom is -0.472 e. The molecule has 1 N–H and O–H groups in total. The minimum absolute atomic E-state index is 0.156. The third-order valence-corrected chi connectivity index (χ3v) is 7.40. The van der Waals surface area contributed by atoms with Gasteiger partial charge in [0.25, 0.3) is 0 Å². The van der Waals surface area contributed by atoms with Gasteiger partial charge in [-0.05, 0) is 70.9 Å². The first kappa shape index (κ1) is 40.6. The third kappa shape index (κ3) is 15.3. The lowest BCUT2D eigenvalue weighted by molar-refractivity contribution is 0.409. The molecule has 256 valence electrons. The normalized spacial score (nSPS) is 13.2. The molecular weight excluding hydrogens is 564 g/mol. The largest absolute Gasteiger partial charge is 0.472 e. The molecule has 4 heterocycles. The highest BCUT2D eigenvalue weighted by Crippen LogP contribution is 2.29. The molecule has 46 heavy (non-hydrogen) atoms. The van der Waals surface area contributed by atoms with E-state index in [2.05, 4.69) is 163 Å². The van der Waals surface area contributed by atoms with Gasteiger partial charge in [-0.25, -0.2) is 0 Å². The smallest absolute Gasteiger partial charge is 0.109 e. The van der Waals surface area contributed by atoms with E-state index < -0.39 is 0 Å². The summed E-state index contributed by atoms with van der Waals surface area (Å²) in [6.07, 6.45) is 17.1. The van der Waals surface area contributed by atoms with Crippen molar-refractivity contribution in [3.05, 3.63) is 120 Å². The highest BCUT2D eigenvalue weighted by atomic mass is 16.3. The molecule has 4 aromatic rings. The van der Waals surface area contributed by atoms with E-state index in [0.29, 0.717) is 5.41 Å². The summed E-state index contributed by atoms with van der Waals surface area (Å²) in [5.74, 6) is 1.04. The summed E-state index contributed by atoms with van der Waals surface area (Å²) < 4.78 is 12.3. The fourth-order valence-corrected chi connectivity index (χ4v) is 4.45. The SMILES string of the molecule is CC(C)(C)C1=CCC=C1.CC(C)(C)c1ccc[nH]1.CC(C)(C)c1ccco1.CC(C)(C)c1ccoc1.Cn1cccc1C(C)(C)C. The molecule has 0 unspecified atom stereocenters. The maximum absolute atomic E-state index is 5.20. The zero-order valence-electron chi connectivity index (χ0n) is 32.1. The fourth-order valence-electron chi connectivity index (χ4n) is 4.45. The van der Waals surface area contributed by atoms with Crippen LogP contribution in [0.25, 0.3) is 0 Å². The molecule has 0 aliphatic heterocycles. The first-order valence-corrected chi connectivity index (χ1v) is 16.6. The van der Waals surface area contributed by atoms with Gasteiger partial charge in [-0.3, -0.25) is 0 Å². The van der Waals surface area contributed by atoms with E-state index in [0.717, 1.165) is 12.2 Å². The first-order valence-electron chi connectivity index (χ1n) is 16.6. The summed E-state index contributed by atoms with van der Waals surface area (Å²) in [5.41, 5.74) is 6.69. The van der Waals surface area contributed by atoms with Crippen molar-refractivity contribution >= 4 is 0 Å². The van der Waals surface area contributed by atoms with Crippen molar-refractivity contribution in [1.29, 1.82) is 0 Å². The summed E-state index contributed by atoms with van der Waals surface area (Å²) in [6, 6.07) is 14.3. The van der Waals surface area contributed by atoms with Crippen molar-refractivity contribution < 1.29 is 8.83 Å². The molecule has 0 aromatic carbocycles. The highest BCUT2D eigenvalue weighted by molar-refractivity contribution is 5.30. The van der Waals surface area contributed by atoms with Crippen LogP contribution in [0.15, 0.2) is 106 Å². The van der Waals surface area contributed by atoms with Crippen molar-refractivity contribution in [1.82, 2.24) is 9.55 Å². The molecule has 0 atom stereocenters. The summed E-state index contributed by atoms with van der Waals surface area (Å²) in [7, 11) is 2.08. The summed E-state index contributed by atoms with van der Waals surface area (Å²) in [4.78, 5) is 3.18. The van der Waals surface area contributed by atoms with Crippen LogP contribution in [0.3, 0.4) is 0 Å². The summed E-state index contributed by atoms with van der Waals surface area (Å²) in [6.45, 7) is 32.9. The van der Waals surface area contributed by atoms with E-state index in [4.69, 9.17) is 8.83 Å². The van der Waals surface area contributed by atoms with Gasteiger partial charge in [0.2, 0.25) is 0 Å². The van der Waals surface area contributed by atoms with E-state index in [1.165, 1.54) is 22.5 Å². The molecule has 0 saturated carbocycles. The number of aryl methyl sites for hydroxylation is 1. The molecule has 5 rings (SSSR count). The zero-order valence-corrected chi connectivity index (χ0v) is 32.1. The van der Waals surface area contributed by atoms with Gasteiger partial charge >= 0.3 is 0 Å². The molecule has 4 heteroatoms. The standard InChI is InChI=1S/C9H15N.C9H14.C8H13N.2C8H12O/c1-9(2,3)8-6-5-7-10(8)4;1-9(2,3)8-6-4-5-7-8;1-8(2,3)7-5-4-6-9-7;1-8(2,3)7-4-5-9-6-7;1-8(2,3)7-5-4-6-9-7/h5-7H,1-4H3;4,6-7H,5H2,1-3H3;4-6,9H,1-3H3;2*4-6H,1-3H3. The van der Waals surface area contributed by atoms with E-state index in [1.54, 1.807) is 18.8 Å². The number of H-pyrrole nitrogens is 1. The van der Waals surface area contributed by atoms with Crippen molar-refractivity contribution in [2.45, 2.75) is 132 Å². The second-order valence-corrected chi connectivity index (χ2v) is 17.1. The Morgan fingerprint density at radius 3 is 1.52 bits per heavy atom. The molecule has 4 nitrogen and oxygen atoms in total. The highest BCUT2D eigenvalue weighted by Gasteiger charge is 2.17. The second kappa shape index (κ2) is 17.0. The van der Waals surface area contributed by atoms with E-state index >= 15 is 0 Å². The predicted molar refractivity (Wildman–Crippen MR) is 200 cm³/mol. The van der Waals surface area contributed by atoms with E-state index in [-0.39, 0.29) is 21.7 Å². The van der Waals surface area contributed by atoms with Gasteiger partial charge in [-0.2, -0.15) is 0 Å². The Bertz CT molecular complexity index is 1290. The maximum Gasteiger partial charge on any atom is 0.109 e. The number of aromatic amines is 1. The average Bonchev–Trinajstić information content (AvgIpc) is 3.76. The fraction of sp³-hybridized carbons (Fsp3) is 0.524. The van der Waals surface area contributed by atoms with Gasteiger partial charge in [0.15, 0.2) is 0 Å². The van der Waals surface area contributed by atoms with Crippen LogP contribution in [-0.2, 0) is 28.7 Å². The number of allylic oxidation sites excluding steroid dienone is 4. The molecule has 1 aliphatic carbocycles. The lowest BCUT2D eigenvalue weighted by atomic mass is 9.87. The Morgan fingerprint density at radius 1 is 0.652 bits per heavy atom. The first-order chi connectivity index (χ1) is 20.9. The Hall–Kier alpha value is -3.40. The van der Waals surface area contributed by atoms with Gasteiger partial charge in [-0.1, -0.05) is 122 Å². The van der Waals surface area contributed by atoms with Crippen LogP contribution in [0.2, 0.25) is 0 Å². The monoisotopic (exact) mass is 631 g/mol. The van der Waals surface area contributed by atoms with Gasteiger partial charge < -0.3 is 18.4 Å². The lowest BCUT2D eigenvalue weighted by Gasteiger charge is -2.19. The quantitative estimate of drug-likeness (QED) is 0.210. The van der Waals surface area contributed by atoms with E-state index in [9.17, 15) is 0 Å². The van der Waals surface area contributed by atoms with Crippen LogP contribution in [-0.4, -0.2) is 9.55 Å². The number of hydrogen-bond donors (Lipinski definition) is 1. The molecule has 0 spiro atoms. The Morgan fingerprint density at radius 2 is 1.30 bits per heavy atom. The third-order valence-electron chi connectivity index (χ3n) is 7.40. The lowest BCUT2D eigenvalue weighted by Crippen LogP contribution is -2.15. The Kier molecular flexibility index (Phi) is 15.0. The van der Waals surface area contributed by atoms with Crippen LogP contribution < -0.4 is 0 Å². The topological polar surface area (TPSA) is 47.0 Å². The number of rotatable bonds is 0. The summed E-state index contributed by atoms with van der Waals surface area (Å²) >= 11 is 0. The number of nitrogens with zero attached hydrogens (tertiary/aromatic N) is 1. The predicted octanol–water partition coefficient (Wildman–Crippen LogP) is 12.7. The summed E-state index contributed by atoms with van der Waals surface area (Å²) in [5, 5.41) is 0. The van der Waals surface area contributed by atoms with Crippen LogP contribution in [0.1, 0.15) is 133 Å². The zero-order chi connectivity index (χ0) is 35.4. The minimum atomic E-state index is 0.156. The van der Waals surface area contributed by atoms with Gasteiger partial charge in [0.1, 0.15) is 5.76 Å². The van der Waals surface area contributed by atoms with Crippen molar-refractivity contribution in [2.24, 2.45) is 12.5 Å². The van der Waals surface area contributed by atoms with Crippen LogP contribution in [0.5, 0.6) is 0 Å². The van der Waals surface area contributed by atoms with Gasteiger partial charge in [-0.15, -0.1) is 0 Å². The Balaban J connectivity index is 0.000000288. The van der Waals surface area contributed by atoms with Crippen molar-refractivity contribution in [3.63, 3.8) is 0 Å². The molecule has 0 bridgehead atoms. The second-order valence-electron chi connectivity index (χ2n) is 17.1. The molecule has 0 saturated heterocycles. The molecule has 4 aromatic heterocycles. The van der Waals surface area contributed by atoms with Crippen LogP contribution >= 0.6 is 0 Å². The average molecular weight is 631 g/mol. The number of furan rings is 2. The van der Waals surface area contributed by atoms with Gasteiger partial charge in [0.05, 0.1) is 18.8 Å². The number of hydrogen-bond acceptors (Lipinski definition) is 2. The van der Waals surface area contributed by atoms with Crippen molar-refractivity contribution in [2.75, 3.05) is 0 Å².